The molecule has 4 radical (unpaired) electrons. The minimum absolute atomic E-state index is 0. The van der Waals surface area contributed by atoms with Crippen LogP contribution in [0.4, 0.5) is 0 Å². The molecule has 11 heavy (non-hydrogen) atoms. The van der Waals surface area contributed by atoms with Crippen molar-refractivity contribution in [3.8, 4) is 0 Å². The Morgan fingerprint density at radius 2 is 1.00 bits per heavy atom. The van der Waals surface area contributed by atoms with Crippen molar-refractivity contribution in [3.05, 3.63) is 7.43 Å². The van der Waals surface area contributed by atoms with Crippen molar-refractivity contribution in [2.75, 3.05) is 0 Å². The molecule has 0 bridgehead atoms. The van der Waals surface area contributed by atoms with E-state index in [1.807, 2.05) is 0 Å². The third-order valence-corrected chi connectivity index (χ3v) is 0.241. The standard InChI is InChI=1S/2CH4N4.C/c2*2-1(3)5-4;/h2*4H,(H3,2,3);. The quantitative estimate of drug-likeness (QED) is 0.163. The van der Waals surface area contributed by atoms with Crippen molar-refractivity contribution >= 4 is 11.9 Å². The van der Waals surface area contributed by atoms with Crippen LogP contribution >= 0.6 is 0 Å². The summed E-state index contributed by atoms with van der Waals surface area (Å²) in [7, 11) is 0. The SMILES string of the molecule is N=NC(=N)N.N=NC(=N)N.[C]. The van der Waals surface area contributed by atoms with Crippen LogP contribution in [0.1, 0.15) is 0 Å². The highest BCUT2D eigenvalue weighted by molar-refractivity contribution is 5.74. The van der Waals surface area contributed by atoms with E-state index in [0.29, 0.717) is 0 Å². The maximum atomic E-state index is 6.17. The summed E-state index contributed by atoms with van der Waals surface area (Å²) in [5.41, 5.74) is 20.9. The molecule has 0 aromatic carbocycles. The van der Waals surface area contributed by atoms with Crippen molar-refractivity contribution in [1.82, 2.24) is 0 Å². The molecule has 0 aromatic heterocycles. The van der Waals surface area contributed by atoms with Crippen LogP contribution < -0.4 is 11.5 Å². The summed E-state index contributed by atoms with van der Waals surface area (Å²) in [5, 5.41) is 17.3. The first-order valence-corrected chi connectivity index (χ1v) is 1.97. The molecule has 0 spiro atoms. The minimum Gasteiger partial charge on any atom is -0.367 e. The molecule has 0 saturated heterocycles. The fourth-order valence-corrected chi connectivity index (χ4v) is 0. The van der Waals surface area contributed by atoms with E-state index < -0.39 is 11.9 Å². The number of nitrogens with one attached hydrogen (secondary N) is 4. The lowest BCUT2D eigenvalue weighted by Gasteiger charge is -1.69. The molecule has 0 heterocycles. The number of hydrogen-bond donors (Lipinski definition) is 6. The van der Waals surface area contributed by atoms with E-state index in [-0.39, 0.29) is 7.43 Å². The summed E-state index contributed by atoms with van der Waals surface area (Å²) in [5.74, 6) is -0.907. The average molecular weight is 156 g/mol. The van der Waals surface area contributed by atoms with Crippen molar-refractivity contribution in [3.63, 3.8) is 0 Å². The Morgan fingerprint density at radius 1 is 0.909 bits per heavy atom. The molecule has 0 rings (SSSR count). The Labute approximate surface area is 64.0 Å². The predicted octanol–water partition coefficient (Wildman–Crippen LogP) is -0.0970. The van der Waals surface area contributed by atoms with Crippen molar-refractivity contribution in [2.24, 2.45) is 21.7 Å². The Kier molecular flexibility index (Phi) is 16.1. The predicted molar refractivity (Wildman–Crippen MR) is 37.4 cm³/mol. The largest absolute Gasteiger partial charge is 0.367 e. The van der Waals surface area contributed by atoms with Gasteiger partial charge in [0.15, 0.2) is 0 Å². The molecule has 0 fully saturated rings. The molecule has 0 aliphatic rings. The van der Waals surface area contributed by atoms with Crippen LogP contribution in [0.15, 0.2) is 10.2 Å². The summed E-state index contributed by atoms with van der Waals surface area (Å²) in [4.78, 5) is 0. The first kappa shape index (κ1) is 16.1. The maximum absolute atomic E-state index is 6.17. The van der Waals surface area contributed by atoms with Gasteiger partial charge in [-0.1, -0.05) is 0 Å². The normalized spacial score (nSPS) is 5.82. The lowest BCUT2D eigenvalue weighted by atomic mass is 11.1. The second-order valence-electron chi connectivity index (χ2n) is 0.994. The van der Waals surface area contributed by atoms with Crippen molar-refractivity contribution in [2.45, 2.75) is 0 Å². The van der Waals surface area contributed by atoms with E-state index in [1.54, 1.807) is 0 Å². The molecular formula is C3H8N8. The molecule has 8 N–H and O–H groups in total. The highest BCUT2D eigenvalue weighted by Gasteiger charge is 1.66. The van der Waals surface area contributed by atoms with E-state index in [9.17, 15) is 0 Å². The zero-order valence-corrected chi connectivity index (χ0v) is 5.55. The third kappa shape index (κ3) is 67.0. The summed E-state index contributed by atoms with van der Waals surface area (Å²) in [6.45, 7) is 0. The molecular weight excluding hydrogens is 148 g/mol. The van der Waals surface area contributed by atoms with Crippen LogP contribution in [0, 0.1) is 29.3 Å². The van der Waals surface area contributed by atoms with Crippen LogP contribution in [-0.2, 0) is 0 Å². The van der Waals surface area contributed by atoms with Crippen LogP contribution in [0.2, 0.25) is 0 Å². The highest BCUT2D eigenvalue weighted by Crippen LogP contribution is 1.51. The maximum Gasteiger partial charge on any atom is 0.231 e. The van der Waals surface area contributed by atoms with Gasteiger partial charge in [0, 0.05) is 7.43 Å². The third-order valence-electron chi connectivity index (χ3n) is 0.241. The molecule has 0 unspecified atom stereocenters. The van der Waals surface area contributed by atoms with Crippen LogP contribution in [0.25, 0.3) is 0 Å². The molecule has 0 amide bonds. The molecule has 8 nitrogen and oxygen atoms in total. The first-order chi connectivity index (χ1) is 4.54. The zero-order valence-electron chi connectivity index (χ0n) is 5.55. The summed E-state index contributed by atoms with van der Waals surface area (Å²) in [6, 6.07) is 0. The molecule has 0 saturated carbocycles. The fraction of sp³-hybridized carbons (Fsp3) is 0. The minimum atomic E-state index is -0.454. The molecule has 0 aliphatic heterocycles. The Balaban J connectivity index is -0.000000107. The van der Waals surface area contributed by atoms with Crippen LogP contribution in [-0.4, -0.2) is 11.9 Å². The number of hydrogen-bond acceptors (Lipinski definition) is 4. The molecule has 60 valence electrons. The fourth-order valence-electron chi connectivity index (χ4n) is 0. The van der Waals surface area contributed by atoms with E-state index in [4.69, 9.17) is 21.9 Å². The summed E-state index contributed by atoms with van der Waals surface area (Å²) >= 11 is 0. The lowest BCUT2D eigenvalue weighted by Crippen LogP contribution is -2.02. The van der Waals surface area contributed by atoms with Gasteiger partial charge in [-0.25, -0.2) is 11.1 Å². The monoisotopic (exact) mass is 156 g/mol. The van der Waals surface area contributed by atoms with Crippen LogP contribution in [0.5, 0.6) is 0 Å². The van der Waals surface area contributed by atoms with Gasteiger partial charge in [0.05, 0.1) is 0 Å². The number of nitrogens with two attached hydrogens (primary N) is 2. The zero-order chi connectivity index (χ0) is 8.57. The van der Waals surface area contributed by atoms with Gasteiger partial charge < -0.3 is 11.5 Å². The van der Waals surface area contributed by atoms with E-state index in [1.165, 1.54) is 0 Å². The van der Waals surface area contributed by atoms with Gasteiger partial charge in [0.1, 0.15) is 0 Å². The molecule has 0 atom stereocenters. The van der Waals surface area contributed by atoms with Gasteiger partial charge in [0.2, 0.25) is 11.9 Å². The van der Waals surface area contributed by atoms with Crippen LogP contribution in [0.3, 0.4) is 0 Å². The Morgan fingerprint density at radius 3 is 1.00 bits per heavy atom. The second kappa shape index (κ2) is 11.0. The Bertz CT molecular complexity index is 129. The Hall–Kier alpha value is -1.86. The number of rotatable bonds is 0. The summed E-state index contributed by atoms with van der Waals surface area (Å²) < 4.78 is 0. The van der Waals surface area contributed by atoms with E-state index >= 15 is 0 Å². The smallest absolute Gasteiger partial charge is 0.231 e. The topological polar surface area (TPSA) is 172 Å². The molecule has 0 aromatic rings. The highest BCUT2D eigenvalue weighted by atomic mass is 15.1. The van der Waals surface area contributed by atoms with Crippen molar-refractivity contribution < 1.29 is 0 Å². The van der Waals surface area contributed by atoms with Gasteiger partial charge in [-0.05, 0) is 0 Å². The van der Waals surface area contributed by atoms with Gasteiger partial charge in [0.25, 0.3) is 0 Å². The van der Waals surface area contributed by atoms with Crippen molar-refractivity contribution in [1.29, 1.82) is 21.9 Å². The number of guanidine groups is 2. The van der Waals surface area contributed by atoms with Gasteiger partial charge >= 0.3 is 0 Å². The average Bonchev–Trinajstić information content (AvgIpc) is 1.89. The van der Waals surface area contributed by atoms with E-state index in [2.05, 4.69) is 21.7 Å². The van der Waals surface area contributed by atoms with Gasteiger partial charge in [-0.15, -0.1) is 10.2 Å². The second-order valence-corrected chi connectivity index (χ2v) is 0.994. The lowest BCUT2D eigenvalue weighted by molar-refractivity contribution is 1.15. The van der Waals surface area contributed by atoms with E-state index in [0.717, 1.165) is 0 Å². The first-order valence-electron chi connectivity index (χ1n) is 1.97. The van der Waals surface area contributed by atoms with Gasteiger partial charge in [-0.2, -0.15) is 0 Å². The molecule has 8 heteroatoms. The number of nitrogens with zero attached hydrogens (tertiary/aromatic N) is 2. The van der Waals surface area contributed by atoms with Gasteiger partial charge in [-0.3, -0.25) is 10.8 Å². The summed E-state index contributed by atoms with van der Waals surface area (Å²) in [6.07, 6.45) is 0. The molecule has 0 aliphatic carbocycles.